The van der Waals surface area contributed by atoms with Gasteiger partial charge in [0.25, 0.3) is 0 Å². The van der Waals surface area contributed by atoms with Crippen LogP contribution in [0.25, 0.3) is 0 Å². The van der Waals surface area contributed by atoms with E-state index in [1.165, 1.54) is 18.2 Å². The van der Waals surface area contributed by atoms with E-state index in [1.54, 1.807) is 0 Å². The summed E-state index contributed by atoms with van der Waals surface area (Å²) in [7, 11) is 1.30. The van der Waals surface area contributed by atoms with Crippen molar-refractivity contribution in [2.75, 3.05) is 33.3 Å². The first kappa shape index (κ1) is 39.1. The molecule has 56 heavy (non-hydrogen) atoms. The molecule has 0 aromatic heterocycles. The Kier molecular flexibility index (Phi) is 11.5. The van der Waals surface area contributed by atoms with Crippen molar-refractivity contribution in [3.63, 3.8) is 0 Å². The first-order valence-corrected chi connectivity index (χ1v) is 20.2. The van der Waals surface area contributed by atoms with Gasteiger partial charge in [-0.3, -0.25) is 24.4 Å². The minimum absolute atomic E-state index is 0.00847. The molecule has 1 saturated heterocycles. The lowest BCUT2D eigenvalue weighted by molar-refractivity contribution is -0.134. The third-order valence-electron chi connectivity index (χ3n) is 12.0. The number of rotatable bonds is 15. The van der Waals surface area contributed by atoms with Crippen LogP contribution >= 0.6 is 0 Å². The Morgan fingerprint density at radius 2 is 1.68 bits per heavy atom. The normalized spacial score (nSPS) is 22.5. The molecule has 5 atom stereocenters. The van der Waals surface area contributed by atoms with Gasteiger partial charge in [-0.1, -0.05) is 45.9 Å². The molecule has 1 aliphatic carbocycles. The summed E-state index contributed by atoms with van der Waals surface area (Å²) in [6.45, 7) is 10.1. The smallest absolute Gasteiger partial charge is 0.407 e. The molecule has 14 heteroatoms. The molecule has 0 bridgehead atoms. The first-order chi connectivity index (χ1) is 27.0. The van der Waals surface area contributed by atoms with Gasteiger partial charge in [-0.25, -0.2) is 4.79 Å². The minimum Gasteiger partial charge on any atom is -0.457 e. The summed E-state index contributed by atoms with van der Waals surface area (Å²) in [5.74, 6) is 3.28. The number of alkyl carbamates (subject to hydrolysis) is 1. The maximum atomic E-state index is 13.7. The number of likely N-dealkylation sites (tertiary alicyclic amines) is 1. The number of carbonyl (C=O) groups excluding carboxylic acids is 4. The second-order valence-corrected chi connectivity index (χ2v) is 16.4. The Balaban J connectivity index is 0.939. The molecular weight excluding hydrogens is 713 g/mol. The van der Waals surface area contributed by atoms with E-state index in [2.05, 4.69) is 63.0 Å². The summed E-state index contributed by atoms with van der Waals surface area (Å²) in [5, 5.41) is 15.5. The van der Waals surface area contributed by atoms with Crippen molar-refractivity contribution in [1.29, 1.82) is 0 Å². The zero-order valence-corrected chi connectivity index (χ0v) is 33.2. The number of benzene rings is 2. The van der Waals surface area contributed by atoms with Gasteiger partial charge in [-0.05, 0) is 79.7 Å². The maximum absolute atomic E-state index is 13.7. The van der Waals surface area contributed by atoms with E-state index in [0.29, 0.717) is 32.6 Å². The Morgan fingerprint density at radius 3 is 2.41 bits per heavy atom. The molecule has 2 aromatic rings. The first-order valence-electron chi connectivity index (χ1n) is 20.2. The second kappa shape index (κ2) is 16.5. The summed E-state index contributed by atoms with van der Waals surface area (Å²) >= 11 is 0. The van der Waals surface area contributed by atoms with E-state index in [4.69, 9.17) is 19.5 Å². The van der Waals surface area contributed by atoms with Crippen molar-refractivity contribution in [3.05, 3.63) is 58.7 Å². The van der Waals surface area contributed by atoms with Gasteiger partial charge in [0.1, 0.15) is 29.4 Å². The average molecular weight is 769 g/mol. The topological polar surface area (TPSA) is 175 Å². The minimum atomic E-state index is -0.670. The van der Waals surface area contributed by atoms with Crippen LogP contribution in [-0.2, 0) is 24.5 Å². The number of carbonyl (C=O) groups is 4. The van der Waals surface area contributed by atoms with Crippen molar-refractivity contribution in [1.82, 2.24) is 31.5 Å². The highest BCUT2D eigenvalue weighted by atomic mass is 16.5. The highest BCUT2D eigenvalue weighted by Crippen LogP contribution is 2.62. The van der Waals surface area contributed by atoms with E-state index in [1.807, 2.05) is 32.6 Å². The fraction of sp³-hybridized carbons (Fsp3) is 0.571. The number of hydrogen-bond donors (Lipinski definition) is 5. The zero-order chi connectivity index (χ0) is 39.6. The van der Waals surface area contributed by atoms with Gasteiger partial charge in [-0.15, -0.1) is 0 Å². The molecule has 1 saturated carbocycles. The van der Waals surface area contributed by atoms with Crippen LogP contribution in [0.4, 0.5) is 4.79 Å². The van der Waals surface area contributed by atoms with Crippen molar-refractivity contribution < 1.29 is 28.7 Å². The predicted octanol–water partition coefficient (Wildman–Crippen LogP) is 4.39. The van der Waals surface area contributed by atoms with E-state index < -0.39 is 18.2 Å². The van der Waals surface area contributed by atoms with Crippen LogP contribution in [-0.4, -0.2) is 92.3 Å². The number of amides is 4. The van der Waals surface area contributed by atoms with Gasteiger partial charge in [-0.2, -0.15) is 0 Å². The van der Waals surface area contributed by atoms with Gasteiger partial charge in [0.2, 0.25) is 18.2 Å². The Hall–Kier alpha value is -5.14. The standard InChI is InChI=1S/C42H56N8O6/c1-24(2)36(46-23-51)39(52)43-17-7-6-10-35-44-21-30(47-35)27-11-13-28-34(20-27)56-33-14-12-26(19-29(33)42(28)15-16-42)31-22-45-38(48-31)32-9-8-18-50(32)40(53)37(25(3)4)49-41(54)55-5/h11-14,19-20,23-25,30-32,36-37H,6-10,15-18,21-22H2,1-5H3,(H,43,52)(H,44,47)(H,45,48)(H,46,51)(H,49,54)/t30?,31?,32-,36-,37-/m0/s1. The Bertz CT molecular complexity index is 1890. The summed E-state index contributed by atoms with van der Waals surface area (Å²) in [4.78, 5) is 60.5. The van der Waals surface area contributed by atoms with Crippen LogP contribution < -0.4 is 31.3 Å². The lowest BCUT2D eigenvalue weighted by atomic mass is 9.82. The zero-order valence-electron chi connectivity index (χ0n) is 33.2. The molecule has 5 N–H and O–H groups in total. The van der Waals surface area contributed by atoms with Crippen molar-refractivity contribution >= 4 is 36.0 Å². The molecule has 1 spiro atoms. The van der Waals surface area contributed by atoms with E-state index in [9.17, 15) is 19.2 Å². The van der Waals surface area contributed by atoms with Crippen LogP contribution in [0.2, 0.25) is 0 Å². The predicted molar refractivity (Wildman–Crippen MR) is 213 cm³/mol. The largest absolute Gasteiger partial charge is 0.457 e. The number of unbranched alkanes of at least 4 members (excludes halogenated alkanes) is 1. The number of ether oxygens (including phenoxy) is 2. The van der Waals surface area contributed by atoms with Crippen molar-refractivity contribution in [3.8, 4) is 11.5 Å². The lowest BCUT2D eigenvalue weighted by Gasteiger charge is -2.31. The summed E-state index contributed by atoms with van der Waals surface area (Å²) in [6, 6.07) is 11.8. The number of fused-ring (bicyclic) bond motifs is 4. The Labute approximate surface area is 329 Å². The molecule has 4 heterocycles. The van der Waals surface area contributed by atoms with Gasteiger partial charge in [0.05, 0.1) is 44.2 Å². The quantitative estimate of drug-likeness (QED) is 0.131. The number of amidine groups is 2. The van der Waals surface area contributed by atoms with Crippen LogP contribution in [0.1, 0.15) is 107 Å². The molecule has 14 nitrogen and oxygen atoms in total. The third kappa shape index (κ3) is 7.92. The highest BCUT2D eigenvalue weighted by molar-refractivity contribution is 5.95. The fourth-order valence-electron chi connectivity index (χ4n) is 8.65. The molecule has 7 rings (SSSR count). The molecule has 5 aliphatic rings. The number of methoxy groups -OCH3 is 1. The second-order valence-electron chi connectivity index (χ2n) is 16.4. The van der Waals surface area contributed by atoms with E-state index in [-0.39, 0.29) is 47.2 Å². The van der Waals surface area contributed by atoms with Crippen LogP contribution in [0.5, 0.6) is 11.5 Å². The van der Waals surface area contributed by atoms with Crippen LogP contribution in [0.15, 0.2) is 46.4 Å². The highest BCUT2D eigenvalue weighted by Gasteiger charge is 2.52. The van der Waals surface area contributed by atoms with Crippen molar-refractivity contribution in [2.24, 2.45) is 21.8 Å². The van der Waals surface area contributed by atoms with Gasteiger partial charge >= 0.3 is 6.09 Å². The van der Waals surface area contributed by atoms with E-state index in [0.717, 1.165) is 79.2 Å². The summed E-state index contributed by atoms with van der Waals surface area (Å²) in [5.41, 5.74) is 4.68. The molecule has 0 radical (unpaired) electrons. The molecule has 2 fully saturated rings. The molecule has 2 aromatic carbocycles. The third-order valence-corrected chi connectivity index (χ3v) is 12.0. The number of nitrogens with zero attached hydrogens (tertiary/aromatic N) is 3. The van der Waals surface area contributed by atoms with Crippen molar-refractivity contribution in [2.45, 2.75) is 108 Å². The molecular formula is C42H56N8O6. The molecule has 300 valence electrons. The molecule has 4 aliphatic heterocycles. The fourth-order valence-corrected chi connectivity index (χ4v) is 8.65. The maximum Gasteiger partial charge on any atom is 0.407 e. The molecule has 2 unspecified atom stereocenters. The number of nitrogens with one attached hydrogen (secondary N) is 5. The summed E-state index contributed by atoms with van der Waals surface area (Å²) < 4.78 is 11.4. The molecule has 4 amide bonds. The van der Waals surface area contributed by atoms with Crippen LogP contribution in [0, 0.1) is 11.8 Å². The average Bonchev–Trinajstić information content (AvgIpc) is 3.55. The van der Waals surface area contributed by atoms with E-state index >= 15 is 0 Å². The van der Waals surface area contributed by atoms with Gasteiger partial charge < -0.3 is 41.0 Å². The number of aliphatic imine (C=N–C) groups is 2. The Morgan fingerprint density at radius 1 is 0.946 bits per heavy atom. The SMILES string of the molecule is COC(=O)N[C@H](C(=O)N1CCC[C@H]1C1=NCC(c2ccc3c(c2)C2(CC2)c2ccc(C4CN=C(CCCCNC(=O)[C@@H](NC=O)C(C)C)N4)cc2O3)N1)C(C)C. The number of hydrogen-bond acceptors (Lipinski definition) is 10. The van der Waals surface area contributed by atoms with Crippen LogP contribution in [0.3, 0.4) is 0 Å². The summed E-state index contributed by atoms with van der Waals surface area (Å²) in [6.07, 6.45) is 6.31. The van der Waals surface area contributed by atoms with Gasteiger partial charge in [0.15, 0.2) is 0 Å². The lowest BCUT2D eigenvalue weighted by Crippen LogP contribution is -2.54. The van der Waals surface area contributed by atoms with Gasteiger partial charge in [0, 0.05) is 36.1 Å². The monoisotopic (exact) mass is 768 g/mol.